The van der Waals surface area contributed by atoms with Gasteiger partial charge >= 0.3 is 5.97 Å². The van der Waals surface area contributed by atoms with Crippen LogP contribution in [0.2, 0.25) is 0 Å². The fourth-order valence-electron chi connectivity index (χ4n) is 1.47. The van der Waals surface area contributed by atoms with E-state index in [2.05, 4.69) is 5.32 Å². The van der Waals surface area contributed by atoms with Crippen molar-refractivity contribution in [1.82, 2.24) is 5.32 Å². The molecule has 1 amide bonds. The number of carboxylic acids is 1. The molecule has 1 aromatic rings. The van der Waals surface area contributed by atoms with Crippen molar-refractivity contribution in [2.75, 3.05) is 6.61 Å². The monoisotopic (exact) mass is 267 g/mol. The Morgan fingerprint density at radius 1 is 1.32 bits per heavy atom. The van der Waals surface area contributed by atoms with E-state index in [1.165, 1.54) is 24.3 Å². The normalized spacial score (nSPS) is 11.6. The summed E-state index contributed by atoms with van der Waals surface area (Å²) in [6.07, 6.45) is 1.04. The van der Waals surface area contributed by atoms with Gasteiger partial charge in [-0.15, -0.1) is 0 Å². The summed E-state index contributed by atoms with van der Waals surface area (Å²) in [6.45, 7) is 1.58. The van der Waals surface area contributed by atoms with E-state index in [1.54, 1.807) is 0 Å². The Morgan fingerprint density at radius 2 is 1.95 bits per heavy atom. The zero-order valence-corrected chi connectivity index (χ0v) is 10.6. The number of carbonyl (C=O) groups excluding carboxylic acids is 1. The lowest BCUT2D eigenvalue weighted by Gasteiger charge is -2.13. The molecule has 0 aliphatic heterocycles. The number of amides is 1. The number of nitrogens with one attached hydrogen (secondary N) is 1. The second-order valence-electron chi connectivity index (χ2n) is 4.03. The fourth-order valence-corrected chi connectivity index (χ4v) is 1.47. The number of aromatic hydroxyl groups is 1. The highest BCUT2D eigenvalue weighted by Crippen LogP contribution is 2.15. The fraction of sp³-hybridized carbons (Fsp3) is 0.385. The molecule has 1 aromatic carbocycles. The van der Waals surface area contributed by atoms with E-state index in [0.29, 0.717) is 18.6 Å². The summed E-state index contributed by atoms with van der Waals surface area (Å²) in [7, 11) is 0. The largest absolute Gasteiger partial charge is 0.508 e. The molecule has 0 heterocycles. The molecule has 104 valence electrons. The minimum absolute atomic E-state index is 0.102. The van der Waals surface area contributed by atoms with Gasteiger partial charge in [-0.05, 0) is 30.7 Å². The lowest BCUT2D eigenvalue weighted by Crippen LogP contribution is -2.42. The number of hydrogen-bond acceptors (Lipinski definition) is 4. The maximum absolute atomic E-state index is 11.5. The van der Waals surface area contributed by atoms with Crippen LogP contribution in [0.5, 0.6) is 11.5 Å². The Labute approximate surface area is 111 Å². The van der Waals surface area contributed by atoms with Crippen LogP contribution in [0.4, 0.5) is 0 Å². The van der Waals surface area contributed by atoms with Crippen molar-refractivity contribution < 1.29 is 24.5 Å². The quantitative estimate of drug-likeness (QED) is 0.688. The number of carboxylic acid groups (broad SMARTS) is 1. The van der Waals surface area contributed by atoms with Crippen LogP contribution in [-0.4, -0.2) is 34.7 Å². The van der Waals surface area contributed by atoms with E-state index in [4.69, 9.17) is 14.9 Å². The number of rotatable bonds is 7. The number of phenolic OH excluding ortho intramolecular Hbond substituents is 1. The Kier molecular flexibility index (Phi) is 5.66. The van der Waals surface area contributed by atoms with Crippen molar-refractivity contribution in [1.29, 1.82) is 0 Å². The second kappa shape index (κ2) is 7.25. The van der Waals surface area contributed by atoms with E-state index < -0.39 is 17.9 Å². The van der Waals surface area contributed by atoms with Crippen molar-refractivity contribution >= 4 is 11.9 Å². The number of hydrogen-bond donors (Lipinski definition) is 3. The molecule has 1 atom stereocenters. The highest BCUT2D eigenvalue weighted by Gasteiger charge is 2.18. The van der Waals surface area contributed by atoms with Crippen LogP contribution in [0.15, 0.2) is 24.3 Å². The Balaban J connectivity index is 2.42. The summed E-state index contributed by atoms with van der Waals surface area (Å²) in [5, 5.41) is 20.3. The third-order valence-corrected chi connectivity index (χ3v) is 2.42. The van der Waals surface area contributed by atoms with Crippen molar-refractivity contribution in [3.63, 3.8) is 0 Å². The van der Waals surface area contributed by atoms with Gasteiger partial charge in [-0.1, -0.05) is 13.3 Å². The molecule has 0 bridgehead atoms. The zero-order chi connectivity index (χ0) is 14.3. The summed E-state index contributed by atoms with van der Waals surface area (Å²) in [4.78, 5) is 22.4. The van der Waals surface area contributed by atoms with Gasteiger partial charge in [-0.25, -0.2) is 4.79 Å². The third kappa shape index (κ3) is 5.29. The molecule has 1 unspecified atom stereocenters. The van der Waals surface area contributed by atoms with Gasteiger partial charge in [-0.2, -0.15) is 0 Å². The first kappa shape index (κ1) is 14.8. The summed E-state index contributed by atoms with van der Waals surface area (Å²) in [6, 6.07) is 5.02. The van der Waals surface area contributed by atoms with E-state index >= 15 is 0 Å². The minimum Gasteiger partial charge on any atom is -0.508 e. The molecule has 0 saturated carbocycles. The number of aliphatic carboxylic acids is 1. The first-order valence-electron chi connectivity index (χ1n) is 5.97. The van der Waals surface area contributed by atoms with Crippen molar-refractivity contribution in [2.45, 2.75) is 25.8 Å². The third-order valence-electron chi connectivity index (χ3n) is 2.42. The second-order valence-corrected chi connectivity index (χ2v) is 4.03. The average Bonchev–Trinajstić information content (AvgIpc) is 2.37. The van der Waals surface area contributed by atoms with Gasteiger partial charge in [0.1, 0.15) is 17.5 Å². The van der Waals surface area contributed by atoms with Gasteiger partial charge in [-0.3, -0.25) is 4.79 Å². The van der Waals surface area contributed by atoms with Gasteiger partial charge in [0.2, 0.25) is 0 Å². The SMILES string of the molecule is CCCC(NC(=O)COc1ccc(O)cc1)C(=O)O. The van der Waals surface area contributed by atoms with E-state index in [0.717, 1.165) is 0 Å². The Bertz CT molecular complexity index is 429. The molecule has 6 heteroatoms. The number of benzene rings is 1. The maximum Gasteiger partial charge on any atom is 0.326 e. The summed E-state index contributed by atoms with van der Waals surface area (Å²) >= 11 is 0. The van der Waals surface area contributed by atoms with Crippen molar-refractivity contribution in [3.8, 4) is 11.5 Å². The topological polar surface area (TPSA) is 95.9 Å². The van der Waals surface area contributed by atoms with E-state index in [9.17, 15) is 9.59 Å². The zero-order valence-electron chi connectivity index (χ0n) is 10.6. The molecule has 6 nitrogen and oxygen atoms in total. The molecule has 1 rings (SSSR count). The van der Waals surface area contributed by atoms with Gasteiger partial charge in [0, 0.05) is 0 Å². The molecule has 0 fully saturated rings. The molecule has 0 aliphatic carbocycles. The average molecular weight is 267 g/mol. The van der Waals surface area contributed by atoms with E-state index in [-0.39, 0.29) is 12.4 Å². The first-order chi connectivity index (χ1) is 9.02. The highest BCUT2D eigenvalue weighted by molar-refractivity contribution is 5.84. The Morgan fingerprint density at radius 3 is 2.47 bits per heavy atom. The minimum atomic E-state index is -1.06. The van der Waals surface area contributed by atoms with Crippen LogP contribution in [0.25, 0.3) is 0 Å². The number of phenols is 1. The molecule has 19 heavy (non-hydrogen) atoms. The van der Waals surface area contributed by atoms with Crippen LogP contribution < -0.4 is 10.1 Å². The van der Waals surface area contributed by atoms with Crippen LogP contribution in [-0.2, 0) is 9.59 Å². The van der Waals surface area contributed by atoms with Gasteiger partial charge in [0.05, 0.1) is 0 Å². The van der Waals surface area contributed by atoms with Crippen molar-refractivity contribution in [3.05, 3.63) is 24.3 Å². The predicted molar refractivity (Wildman–Crippen MR) is 68.1 cm³/mol. The summed E-state index contributed by atoms with van der Waals surface area (Å²) in [5.74, 6) is -1.02. The lowest BCUT2D eigenvalue weighted by atomic mass is 10.2. The molecular formula is C13H17NO5. The van der Waals surface area contributed by atoms with Gasteiger partial charge in [0.25, 0.3) is 5.91 Å². The number of ether oxygens (including phenoxy) is 1. The first-order valence-corrected chi connectivity index (χ1v) is 5.97. The Hall–Kier alpha value is -2.24. The molecule has 0 saturated heterocycles. The van der Waals surface area contributed by atoms with Crippen molar-refractivity contribution in [2.24, 2.45) is 0 Å². The van der Waals surface area contributed by atoms with Crippen LogP contribution >= 0.6 is 0 Å². The standard InChI is InChI=1S/C13H17NO5/c1-2-3-11(13(17)18)14-12(16)8-19-10-6-4-9(15)5-7-10/h4-7,11,15H,2-3,8H2,1H3,(H,14,16)(H,17,18). The van der Waals surface area contributed by atoms with Crippen LogP contribution in [0.3, 0.4) is 0 Å². The summed E-state index contributed by atoms with van der Waals surface area (Å²) in [5.41, 5.74) is 0. The van der Waals surface area contributed by atoms with Gasteiger partial charge in [0.15, 0.2) is 6.61 Å². The molecule has 0 aliphatic rings. The predicted octanol–water partition coefficient (Wildman–Crippen LogP) is 1.14. The molecule has 0 spiro atoms. The summed E-state index contributed by atoms with van der Waals surface area (Å²) < 4.78 is 5.17. The van der Waals surface area contributed by atoms with Crippen LogP contribution in [0, 0.1) is 0 Å². The molecule has 3 N–H and O–H groups in total. The molecule has 0 radical (unpaired) electrons. The highest BCUT2D eigenvalue weighted by atomic mass is 16.5. The van der Waals surface area contributed by atoms with Crippen LogP contribution in [0.1, 0.15) is 19.8 Å². The molecular weight excluding hydrogens is 250 g/mol. The smallest absolute Gasteiger partial charge is 0.326 e. The van der Waals surface area contributed by atoms with E-state index in [1.807, 2.05) is 6.92 Å². The maximum atomic E-state index is 11.5. The molecule has 0 aromatic heterocycles. The number of carbonyl (C=O) groups is 2. The lowest BCUT2D eigenvalue weighted by molar-refractivity contribution is -0.142. The van der Waals surface area contributed by atoms with Gasteiger partial charge < -0.3 is 20.3 Å².